The van der Waals surface area contributed by atoms with Gasteiger partial charge < -0.3 is 5.73 Å². The summed E-state index contributed by atoms with van der Waals surface area (Å²) in [6, 6.07) is 9.60. The second-order valence-electron chi connectivity index (χ2n) is 5.20. The van der Waals surface area contributed by atoms with Crippen molar-refractivity contribution in [3.63, 3.8) is 0 Å². The zero-order chi connectivity index (χ0) is 11.5. The van der Waals surface area contributed by atoms with E-state index in [0.717, 1.165) is 0 Å². The SMILES string of the molecule is CCCc1ccc(C2CCC(N)C2C)cc1. The molecule has 88 valence electrons. The van der Waals surface area contributed by atoms with E-state index in [1.54, 1.807) is 0 Å². The first kappa shape index (κ1) is 11.7. The van der Waals surface area contributed by atoms with Crippen molar-refractivity contribution in [1.29, 1.82) is 0 Å². The lowest BCUT2D eigenvalue weighted by Gasteiger charge is -2.18. The van der Waals surface area contributed by atoms with Gasteiger partial charge in [-0.3, -0.25) is 0 Å². The molecule has 0 aliphatic heterocycles. The Hall–Kier alpha value is -0.820. The Balaban J connectivity index is 2.10. The van der Waals surface area contributed by atoms with E-state index in [1.165, 1.54) is 36.8 Å². The van der Waals surface area contributed by atoms with E-state index in [9.17, 15) is 0 Å². The molecule has 3 atom stereocenters. The maximum absolute atomic E-state index is 6.08. The Bertz CT molecular complexity index is 328. The third-order valence-electron chi connectivity index (χ3n) is 4.07. The lowest BCUT2D eigenvalue weighted by molar-refractivity contribution is 0.479. The molecule has 2 N–H and O–H groups in total. The van der Waals surface area contributed by atoms with Crippen molar-refractivity contribution in [2.75, 3.05) is 0 Å². The van der Waals surface area contributed by atoms with Crippen molar-refractivity contribution in [1.82, 2.24) is 0 Å². The number of benzene rings is 1. The minimum atomic E-state index is 0.403. The number of nitrogens with two attached hydrogens (primary N) is 1. The van der Waals surface area contributed by atoms with Crippen molar-refractivity contribution in [3.8, 4) is 0 Å². The van der Waals surface area contributed by atoms with Crippen LogP contribution >= 0.6 is 0 Å². The molecular formula is C15H23N. The summed E-state index contributed by atoms with van der Waals surface area (Å²) in [5.41, 5.74) is 9.03. The lowest BCUT2D eigenvalue weighted by atomic mass is 9.88. The second kappa shape index (κ2) is 5.01. The van der Waals surface area contributed by atoms with Gasteiger partial charge in [0.25, 0.3) is 0 Å². The molecule has 1 aliphatic rings. The van der Waals surface area contributed by atoms with E-state index < -0.39 is 0 Å². The van der Waals surface area contributed by atoms with E-state index in [1.807, 2.05) is 0 Å². The van der Waals surface area contributed by atoms with Crippen LogP contribution in [0.25, 0.3) is 0 Å². The van der Waals surface area contributed by atoms with Gasteiger partial charge in [-0.1, -0.05) is 44.5 Å². The van der Waals surface area contributed by atoms with Gasteiger partial charge in [0.15, 0.2) is 0 Å². The smallest absolute Gasteiger partial charge is 0.00705 e. The molecule has 0 spiro atoms. The molecule has 0 radical (unpaired) electrons. The average Bonchev–Trinajstić information content (AvgIpc) is 2.62. The van der Waals surface area contributed by atoms with Gasteiger partial charge in [0.2, 0.25) is 0 Å². The highest BCUT2D eigenvalue weighted by atomic mass is 14.7. The topological polar surface area (TPSA) is 26.0 Å². The highest BCUT2D eigenvalue weighted by Crippen LogP contribution is 2.38. The average molecular weight is 217 g/mol. The molecule has 0 aromatic heterocycles. The monoisotopic (exact) mass is 217 g/mol. The summed E-state index contributed by atoms with van der Waals surface area (Å²) in [4.78, 5) is 0. The first-order valence-corrected chi connectivity index (χ1v) is 6.56. The van der Waals surface area contributed by atoms with Crippen molar-refractivity contribution < 1.29 is 0 Å². The molecule has 1 aromatic rings. The normalized spacial score (nSPS) is 29.6. The van der Waals surface area contributed by atoms with Gasteiger partial charge in [-0.2, -0.15) is 0 Å². The molecule has 1 saturated carbocycles. The van der Waals surface area contributed by atoms with Gasteiger partial charge in [-0.15, -0.1) is 0 Å². The predicted octanol–water partition coefficient (Wildman–Crippen LogP) is 3.48. The molecular weight excluding hydrogens is 194 g/mol. The molecule has 0 bridgehead atoms. The Labute approximate surface area is 99.0 Å². The Morgan fingerprint density at radius 1 is 1.19 bits per heavy atom. The van der Waals surface area contributed by atoms with Gasteiger partial charge in [0.1, 0.15) is 0 Å². The van der Waals surface area contributed by atoms with Gasteiger partial charge in [-0.25, -0.2) is 0 Å². The third kappa shape index (κ3) is 2.30. The second-order valence-corrected chi connectivity index (χ2v) is 5.20. The van der Waals surface area contributed by atoms with Crippen LogP contribution in [0, 0.1) is 5.92 Å². The molecule has 2 rings (SSSR count). The van der Waals surface area contributed by atoms with Crippen molar-refractivity contribution in [2.45, 2.75) is 51.5 Å². The Morgan fingerprint density at radius 3 is 2.38 bits per heavy atom. The van der Waals surface area contributed by atoms with Crippen molar-refractivity contribution in [2.24, 2.45) is 11.7 Å². The van der Waals surface area contributed by atoms with Crippen molar-refractivity contribution in [3.05, 3.63) is 35.4 Å². The minimum Gasteiger partial charge on any atom is -0.327 e. The fraction of sp³-hybridized carbons (Fsp3) is 0.600. The number of rotatable bonds is 3. The third-order valence-corrected chi connectivity index (χ3v) is 4.07. The van der Waals surface area contributed by atoms with Crippen LogP contribution in [0.3, 0.4) is 0 Å². The fourth-order valence-electron chi connectivity index (χ4n) is 2.89. The molecule has 3 unspecified atom stereocenters. The minimum absolute atomic E-state index is 0.403. The van der Waals surface area contributed by atoms with Crippen LogP contribution in [0.15, 0.2) is 24.3 Å². The first-order valence-electron chi connectivity index (χ1n) is 6.56. The molecule has 1 fully saturated rings. The largest absolute Gasteiger partial charge is 0.327 e. The highest BCUT2D eigenvalue weighted by molar-refractivity contribution is 5.27. The number of hydrogen-bond acceptors (Lipinski definition) is 1. The zero-order valence-corrected chi connectivity index (χ0v) is 10.4. The van der Waals surface area contributed by atoms with Crippen LogP contribution in [0.2, 0.25) is 0 Å². The summed E-state index contributed by atoms with van der Waals surface area (Å²) in [6.07, 6.45) is 4.86. The standard InChI is InChI=1S/C15H23N/c1-3-4-12-5-7-13(8-6-12)14-9-10-15(16)11(14)2/h5-8,11,14-15H,3-4,9-10,16H2,1-2H3. The van der Waals surface area contributed by atoms with E-state index in [-0.39, 0.29) is 0 Å². The first-order chi connectivity index (χ1) is 7.72. The Morgan fingerprint density at radius 2 is 1.88 bits per heavy atom. The van der Waals surface area contributed by atoms with Gasteiger partial charge in [0.05, 0.1) is 0 Å². The molecule has 1 aliphatic carbocycles. The summed E-state index contributed by atoms with van der Waals surface area (Å²) in [6.45, 7) is 4.52. The van der Waals surface area contributed by atoms with Crippen molar-refractivity contribution >= 4 is 0 Å². The predicted molar refractivity (Wildman–Crippen MR) is 69.6 cm³/mol. The molecule has 0 heterocycles. The van der Waals surface area contributed by atoms with Crippen LogP contribution in [-0.4, -0.2) is 6.04 Å². The van der Waals surface area contributed by atoms with Crippen LogP contribution in [0.4, 0.5) is 0 Å². The molecule has 1 heteroatoms. The van der Waals surface area contributed by atoms with E-state index in [2.05, 4.69) is 38.1 Å². The van der Waals surface area contributed by atoms with E-state index >= 15 is 0 Å². The van der Waals surface area contributed by atoms with Gasteiger partial charge in [0, 0.05) is 6.04 Å². The highest BCUT2D eigenvalue weighted by Gasteiger charge is 2.30. The van der Waals surface area contributed by atoms with E-state index in [0.29, 0.717) is 17.9 Å². The fourth-order valence-corrected chi connectivity index (χ4v) is 2.89. The lowest BCUT2D eigenvalue weighted by Crippen LogP contribution is -2.24. The number of hydrogen-bond donors (Lipinski definition) is 1. The summed E-state index contributed by atoms with van der Waals surface area (Å²) in [7, 11) is 0. The number of aryl methyl sites for hydroxylation is 1. The summed E-state index contributed by atoms with van der Waals surface area (Å²) in [5.74, 6) is 1.32. The van der Waals surface area contributed by atoms with E-state index in [4.69, 9.17) is 5.73 Å². The summed E-state index contributed by atoms with van der Waals surface area (Å²) >= 11 is 0. The quantitative estimate of drug-likeness (QED) is 0.824. The zero-order valence-electron chi connectivity index (χ0n) is 10.4. The van der Waals surface area contributed by atoms with Gasteiger partial charge >= 0.3 is 0 Å². The van der Waals surface area contributed by atoms with Crippen LogP contribution in [-0.2, 0) is 6.42 Å². The molecule has 1 nitrogen and oxygen atoms in total. The Kier molecular flexibility index (Phi) is 3.65. The van der Waals surface area contributed by atoms with Crippen LogP contribution < -0.4 is 5.73 Å². The maximum Gasteiger partial charge on any atom is 0.00705 e. The molecule has 0 saturated heterocycles. The van der Waals surface area contributed by atoms with Crippen LogP contribution in [0.5, 0.6) is 0 Å². The maximum atomic E-state index is 6.08. The van der Waals surface area contributed by atoms with Crippen LogP contribution in [0.1, 0.15) is 50.2 Å². The molecule has 1 aromatic carbocycles. The summed E-state index contributed by atoms with van der Waals surface area (Å²) < 4.78 is 0. The molecule has 16 heavy (non-hydrogen) atoms. The molecule has 0 amide bonds. The summed E-state index contributed by atoms with van der Waals surface area (Å²) in [5, 5.41) is 0. The van der Waals surface area contributed by atoms with Gasteiger partial charge in [-0.05, 0) is 42.2 Å².